The molecule has 9 heteroatoms. The van der Waals surface area contributed by atoms with Crippen LogP contribution in [0.3, 0.4) is 0 Å². The maximum absolute atomic E-state index is 13.0. The number of aryl methyl sites for hydroxylation is 1. The van der Waals surface area contributed by atoms with E-state index in [2.05, 4.69) is 14.9 Å². The molecule has 1 atom stereocenters. The van der Waals surface area contributed by atoms with Crippen LogP contribution in [-0.2, 0) is 12.6 Å². The van der Waals surface area contributed by atoms with Gasteiger partial charge in [-0.25, -0.2) is 9.97 Å². The van der Waals surface area contributed by atoms with Crippen LogP contribution in [0.5, 0.6) is 0 Å². The summed E-state index contributed by atoms with van der Waals surface area (Å²) in [5.74, 6) is 0.936. The molecule has 2 aromatic rings. The van der Waals surface area contributed by atoms with Crippen molar-refractivity contribution in [3.05, 3.63) is 29.5 Å². The first-order valence-corrected chi connectivity index (χ1v) is 9.34. The predicted molar refractivity (Wildman–Crippen MR) is 105 cm³/mol. The van der Waals surface area contributed by atoms with Crippen molar-refractivity contribution in [2.75, 3.05) is 29.5 Å². The molecule has 1 aliphatic rings. The van der Waals surface area contributed by atoms with Crippen molar-refractivity contribution in [2.24, 2.45) is 5.73 Å². The molecule has 3 rings (SSSR count). The molecule has 6 nitrogen and oxygen atoms in total. The molecule has 0 spiro atoms. The van der Waals surface area contributed by atoms with Gasteiger partial charge in [-0.05, 0) is 31.4 Å². The highest BCUT2D eigenvalue weighted by Crippen LogP contribution is 2.38. The molecular weight excluding hydrogens is 369 g/mol. The quantitative estimate of drug-likeness (QED) is 0.688. The number of piperidine rings is 1. The van der Waals surface area contributed by atoms with E-state index in [0.29, 0.717) is 18.8 Å². The van der Waals surface area contributed by atoms with Crippen LogP contribution in [-0.4, -0.2) is 29.1 Å². The molecule has 1 saturated heterocycles. The summed E-state index contributed by atoms with van der Waals surface area (Å²) in [6.07, 6.45) is -1.04. The van der Waals surface area contributed by atoms with Crippen LogP contribution in [0.1, 0.15) is 37.4 Å². The summed E-state index contributed by atoms with van der Waals surface area (Å²) >= 11 is 0. The number of aromatic nitrogens is 2. The molecule has 0 bridgehead atoms. The van der Waals surface area contributed by atoms with Crippen LogP contribution in [0.4, 0.5) is 30.4 Å². The molecule has 0 saturated carbocycles. The summed E-state index contributed by atoms with van der Waals surface area (Å²) in [6.45, 7) is 3.51. The van der Waals surface area contributed by atoms with Crippen LogP contribution < -0.4 is 22.1 Å². The Bertz CT molecular complexity index is 829. The maximum Gasteiger partial charge on any atom is 0.416 e. The van der Waals surface area contributed by atoms with E-state index in [4.69, 9.17) is 17.2 Å². The van der Waals surface area contributed by atoms with Gasteiger partial charge in [0.25, 0.3) is 0 Å². The third kappa shape index (κ3) is 4.30. The average Bonchev–Trinajstić information content (AvgIpc) is 2.60. The van der Waals surface area contributed by atoms with E-state index in [9.17, 15) is 13.2 Å². The van der Waals surface area contributed by atoms with E-state index in [0.717, 1.165) is 43.6 Å². The van der Waals surface area contributed by atoms with Gasteiger partial charge in [0.2, 0.25) is 0 Å². The molecule has 1 fully saturated rings. The first-order valence-electron chi connectivity index (χ1n) is 9.34. The molecule has 152 valence electrons. The summed E-state index contributed by atoms with van der Waals surface area (Å²) in [5.41, 5.74) is 17.9. The first-order chi connectivity index (χ1) is 13.2. The number of nitrogen functional groups attached to an aromatic ring is 2. The highest BCUT2D eigenvalue weighted by Gasteiger charge is 2.32. The number of benzene rings is 1. The van der Waals surface area contributed by atoms with Gasteiger partial charge >= 0.3 is 6.18 Å². The van der Waals surface area contributed by atoms with Crippen molar-refractivity contribution < 1.29 is 13.2 Å². The van der Waals surface area contributed by atoms with Crippen LogP contribution in [0.2, 0.25) is 0 Å². The zero-order chi connectivity index (χ0) is 20.5. The smallest absolute Gasteiger partial charge is 0.398 e. The predicted octanol–water partition coefficient (Wildman–Crippen LogP) is 3.21. The first kappa shape index (κ1) is 20.2. The monoisotopic (exact) mass is 394 g/mol. The molecule has 2 heterocycles. The average molecular weight is 394 g/mol. The van der Waals surface area contributed by atoms with Crippen LogP contribution in [0, 0.1) is 0 Å². The fraction of sp³-hybridized carbons (Fsp3) is 0.474. The number of nitrogens with two attached hydrogens (primary N) is 3. The van der Waals surface area contributed by atoms with E-state index < -0.39 is 11.7 Å². The van der Waals surface area contributed by atoms with Crippen molar-refractivity contribution in [2.45, 2.75) is 44.8 Å². The lowest BCUT2D eigenvalue weighted by molar-refractivity contribution is -0.137. The summed E-state index contributed by atoms with van der Waals surface area (Å²) in [4.78, 5) is 11.2. The van der Waals surface area contributed by atoms with Crippen LogP contribution in [0.15, 0.2) is 18.2 Å². The lowest BCUT2D eigenvalue weighted by Gasteiger charge is -2.32. The Morgan fingerprint density at radius 1 is 1.14 bits per heavy atom. The number of rotatable bonds is 4. The number of anilines is 3. The van der Waals surface area contributed by atoms with Crippen LogP contribution >= 0.6 is 0 Å². The lowest BCUT2D eigenvalue weighted by Crippen LogP contribution is -2.43. The van der Waals surface area contributed by atoms with Crippen molar-refractivity contribution in [3.63, 3.8) is 0 Å². The van der Waals surface area contributed by atoms with E-state index >= 15 is 0 Å². The third-order valence-corrected chi connectivity index (χ3v) is 4.80. The van der Waals surface area contributed by atoms with Gasteiger partial charge in [-0.1, -0.05) is 13.3 Å². The van der Waals surface area contributed by atoms with Crippen molar-refractivity contribution >= 4 is 17.2 Å². The molecule has 0 radical (unpaired) electrons. The largest absolute Gasteiger partial charge is 0.416 e. The second-order valence-electron chi connectivity index (χ2n) is 7.17. The zero-order valence-electron chi connectivity index (χ0n) is 15.8. The van der Waals surface area contributed by atoms with Gasteiger partial charge in [0.15, 0.2) is 5.82 Å². The van der Waals surface area contributed by atoms with Gasteiger partial charge in [-0.2, -0.15) is 13.2 Å². The Morgan fingerprint density at radius 3 is 2.39 bits per heavy atom. The Labute approximate surface area is 161 Å². The minimum Gasteiger partial charge on any atom is -0.398 e. The molecule has 28 heavy (non-hydrogen) atoms. The van der Waals surface area contributed by atoms with Gasteiger partial charge in [0.1, 0.15) is 5.82 Å². The molecule has 1 aliphatic heterocycles. The van der Waals surface area contributed by atoms with Gasteiger partial charge in [-0.3, -0.25) is 0 Å². The summed E-state index contributed by atoms with van der Waals surface area (Å²) in [7, 11) is 0. The van der Waals surface area contributed by atoms with Gasteiger partial charge in [0.05, 0.1) is 11.1 Å². The third-order valence-electron chi connectivity index (χ3n) is 4.80. The highest BCUT2D eigenvalue weighted by molar-refractivity contribution is 5.84. The molecule has 6 N–H and O–H groups in total. The summed E-state index contributed by atoms with van der Waals surface area (Å²) in [6, 6.07) is 3.71. The molecule has 1 aromatic carbocycles. The molecule has 1 aromatic heterocycles. The van der Waals surface area contributed by atoms with E-state index in [1.54, 1.807) is 0 Å². The zero-order valence-corrected chi connectivity index (χ0v) is 15.8. The Hall–Kier alpha value is -2.55. The van der Waals surface area contributed by atoms with Crippen LogP contribution in [0.25, 0.3) is 11.4 Å². The Morgan fingerprint density at radius 2 is 1.82 bits per heavy atom. The normalized spacial score (nSPS) is 17.8. The maximum atomic E-state index is 13.0. The number of hydrogen-bond donors (Lipinski definition) is 3. The Kier molecular flexibility index (Phi) is 5.64. The topological polar surface area (TPSA) is 107 Å². The standard InChI is InChI=1S/C19H25F3N6/c1-2-4-13-9-16(28-6-3-5-12(23)10-28)27-18(26-13)17-14(24)7-11(8-15(17)25)19(20,21)22/h7-9,12H,2-6,10,23-25H2,1H3. The van der Waals surface area contributed by atoms with E-state index in [1.807, 2.05) is 13.0 Å². The minimum absolute atomic E-state index is 0.0583. The number of hydrogen-bond acceptors (Lipinski definition) is 6. The summed E-state index contributed by atoms with van der Waals surface area (Å²) < 4.78 is 39.1. The fourth-order valence-corrected chi connectivity index (χ4v) is 3.47. The molecule has 0 amide bonds. The SMILES string of the molecule is CCCc1cc(N2CCCC(N)C2)nc(-c2c(N)cc(C(F)(F)F)cc2N)n1. The Balaban J connectivity index is 2.08. The molecular formula is C19H25F3N6. The lowest BCUT2D eigenvalue weighted by atomic mass is 10.0. The highest BCUT2D eigenvalue weighted by atomic mass is 19.4. The fourth-order valence-electron chi connectivity index (χ4n) is 3.47. The number of halogens is 3. The molecule has 1 unspecified atom stereocenters. The second-order valence-corrected chi connectivity index (χ2v) is 7.17. The van der Waals surface area contributed by atoms with E-state index in [1.165, 1.54) is 0 Å². The number of nitrogens with zero attached hydrogens (tertiary/aromatic N) is 3. The number of alkyl halides is 3. The van der Waals surface area contributed by atoms with Crippen molar-refractivity contribution in [1.82, 2.24) is 9.97 Å². The van der Waals surface area contributed by atoms with Crippen molar-refractivity contribution in [1.29, 1.82) is 0 Å². The second kappa shape index (κ2) is 7.83. The van der Waals surface area contributed by atoms with E-state index in [-0.39, 0.29) is 28.8 Å². The van der Waals surface area contributed by atoms with Gasteiger partial charge < -0.3 is 22.1 Å². The van der Waals surface area contributed by atoms with Gasteiger partial charge in [-0.15, -0.1) is 0 Å². The minimum atomic E-state index is -4.53. The molecule has 0 aliphatic carbocycles. The van der Waals surface area contributed by atoms with Crippen molar-refractivity contribution in [3.8, 4) is 11.4 Å². The van der Waals surface area contributed by atoms with Gasteiger partial charge in [0, 0.05) is 42.3 Å². The summed E-state index contributed by atoms with van der Waals surface area (Å²) in [5, 5.41) is 0.